The maximum atomic E-state index is 12.0. The van der Waals surface area contributed by atoms with Gasteiger partial charge in [-0.25, -0.2) is 0 Å². The molecule has 0 saturated heterocycles. The molecule has 0 spiro atoms. The zero-order valence-electron chi connectivity index (χ0n) is 15.8. The molecule has 1 unspecified atom stereocenters. The Labute approximate surface area is 157 Å². The molecule has 0 rings (SSSR count). The average Bonchev–Trinajstić information content (AvgIpc) is 2.54. The van der Waals surface area contributed by atoms with Crippen LogP contribution in [0.4, 0.5) is 0 Å². The molecule has 0 aliphatic carbocycles. The number of ether oxygens (including phenoxy) is 1. The van der Waals surface area contributed by atoms with Gasteiger partial charge in [0.1, 0.15) is 0 Å². The molecule has 0 aliphatic heterocycles. The number of unbranched alkanes of at least 4 members (excludes halogenated alkanes) is 7. The van der Waals surface area contributed by atoms with E-state index in [4.69, 9.17) is 17.4 Å². The second-order valence-electron chi connectivity index (χ2n) is 6.80. The van der Waals surface area contributed by atoms with Crippen LogP contribution >= 0.6 is 12.6 Å². The van der Waals surface area contributed by atoms with Crippen molar-refractivity contribution in [2.45, 2.75) is 104 Å². The summed E-state index contributed by atoms with van der Waals surface area (Å²) in [4.78, 5) is 12.0. The number of rotatable bonds is 16. The van der Waals surface area contributed by atoms with Crippen molar-refractivity contribution in [2.24, 2.45) is 0 Å². The molecule has 4 heteroatoms. The molecule has 0 aliphatic rings. The van der Waals surface area contributed by atoms with E-state index < -0.39 is 19.8 Å². The summed E-state index contributed by atoms with van der Waals surface area (Å²) >= 11 is 3.13. The third kappa shape index (κ3) is 14.7. The third-order valence-electron chi connectivity index (χ3n) is 4.54. The fourth-order valence-corrected chi connectivity index (χ4v) is 14.9. The van der Waals surface area contributed by atoms with Gasteiger partial charge in [-0.2, -0.15) is 0 Å². The molecule has 0 radical (unpaired) electrons. The van der Waals surface area contributed by atoms with Gasteiger partial charge in [0.15, 0.2) is 0 Å². The maximum absolute atomic E-state index is 12.0. The topological polar surface area (TPSA) is 26.3 Å². The van der Waals surface area contributed by atoms with Crippen molar-refractivity contribution < 1.29 is 9.53 Å². The molecular formula is C19H40O2SSn. The van der Waals surface area contributed by atoms with Crippen molar-refractivity contribution >= 4 is 38.4 Å². The van der Waals surface area contributed by atoms with Gasteiger partial charge < -0.3 is 0 Å². The normalized spacial score (nSPS) is 12.6. The van der Waals surface area contributed by atoms with E-state index in [2.05, 4.69) is 20.8 Å². The van der Waals surface area contributed by atoms with Crippen molar-refractivity contribution in [1.82, 2.24) is 0 Å². The van der Waals surface area contributed by atoms with Crippen molar-refractivity contribution in [3.63, 3.8) is 0 Å². The van der Waals surface area contributed by atoms with E-state index >= 15 is 0 Å². The van der Waals surface area contributed by atoms with Crippen LogP contribution in [0.3, 0.4) is 0 Å². The van der Waals surface area contributed by atoms with E-state index in [9.17, 15) is 4.79 Å². The van der Waals surface area contributed by atoms with Crippen LogP contribution in [-0.4, -0.2) is 35.6 Å². The Morgan fingerprint density at radius 1 is 0.870 bits per heavy atom. The van der Waals surface area contributed by atoms with Crippen LogP contribution in [0.15, 0.2) is 0 Å². The first-order chi connectivity index (χ1) is 11.2. The predicted molar refractivity (Wildman–Crippen MR) is 108 cm³/mol. The van der Waals surface area contributed by atoms with Crippen molar-refractivity contribution in [3.05, 3.63) is 0 Å². The first-order valence-electron chi connectivity index (χ1n) is 9.99. The van der Waals surface area contributed by atoms with Crippen LogP contribution in [-0.2, 0) is 9.53 Å². The molecule has 23 heavy (non-hydrogen) atoms. The van der Waals surface area contributed by atoms with E-state index in [-0.39, 0.29) is 5.97 Å². The Morgan fingerprint density at radius 3 is 1.96 bits per heavy atom. The van der Waals surface area contributed by atoms with Crippen LogP contribution in [0.25, 0.3) is 0 Å². The molecule has 0 heterocycles. The number of esters is 1. The summed E-state index contributed by atoms with van der Waals surface area (Å²) in [5.41, 5.74) is 0. The van der Waals surface area contributed by atoms with E-state index in [1.807, 2.05) is 0 Å². The zero-order valence-corrected chi connectivity index (χ0v) is 20.0. The number of hydrogen-bond donors (Lipinski definition) is 1. The Hall–Kier alpha value is 0.619. The van der Waals surface area contributed by atoms with Gasteiger partial charge in [-0.3, -0.25) is 0 Å². The van der Waals surface area contributed by atoms with Gasteiger partial charge in [0.2, 0.25) is 0 Å². The molecule has 0 saturated carbocycles. The third-order valence-corrected chi connectivity index (χ3v) is 17.9. The van der Waals surface area contributed by atoms with E-state index in [1.54, 1.807) is 0 Å². The van der Waals surface area contributed by atoms with Crippen LogP contribution < -0.4 is 0 Å². The Morgan fingerprint density at radius 2 is 1.39 bits per heavy atom. The molecule has 2 nitrogen and oxygen atoms in total. The fourth-order valence-electron chi connectivity index (χ4n) is 2.93. The number of hydrogen-bond acceptors (Lipinski definition) is 3. The second kappa shape index (κ2) is 17.4. The van der Waals surface area contributed by atoms with Gasteiger partial charge in [-0.05, 0) is 0 Å². The zero-order chi connectivity index (χ0) is 17.3. The molecule has 1 atom stereocenters. The minimum atomic E-state index is -1.67. The van der Waals surface area contributed by atoms with Gasteiger partial charge in [0.25, 0.3) is 0 Å². The van der Waals surface area contributed by atoms with Crippen LogP contribution in [0.1, 0.15) is 91.4 Å². The standard InChI is InChI=1S/C11H21O2S.2C4H9.Sn.H/c1-2-3-4-5-6-7-9-13-11(12)8-10-14;2*1-3-4-2;;/h10,14H,2-9H2,1H3;2*1,3-4H2,2H3;;. The molecule has 0 N–H and O–H groups in total. The van der Waals surface area contributed by atoms with Crippen molar-refractivity contribution in [1.29, 1.82) is 0 Å². The second-order valence-corrected chi connectivity index (χ2v) is 19.0. The molecule has 0 aromatic heterocycles. The summed E-state index contributed by atoms with van der Waals surface area (Å²) in [6.45, 7) is 7.35. The summed E-state index contributed by atoms with van der Waals surface area (Å²) in [6.07, 6.45) is 13.1. The first-order valence-corrected chi connectivity index (χ1v) is 17.1. The van der Waals surface area contributed by atoms with Crippen molar-refractivity contribution in [2.75, 3.05) is 6.61 Å². The number of carbonyl (C=O) groups is 1. The van der Waals surface area contributed by atoms with Gasteiger partial charge in [0.05, 0.1) is 0 Å². The monoisotopic (exact) mass is 452 g/mol. The van der Waals surface area contributed by atoms with Gasteiger partial charge >= 0.3 is 158 Å². The molecule has 0 bridgehead atoms. The van der Waals surface area contributed by atoms with Gasteiger partial charge in [-0.1, -0.05) is 0 Å². The molecule has 0 amide bonds. The Balaban J connectivity index is 3.85. The summed E-state index contributed by atoms with van der Waals surface area (Å²) in [7, 11) is 0. The molecular weight excluding hydrogens is 411 g/mol. The summed E-state index contributed by atoms with van der Waals surface area (Å²) < 4.78 is 8.59. The van der Waals surface area contributed by atoms with E-state index in [1.165, 1.54) is 66.7 Å². The molecule has 0 fully saturated rings. The summed E-state index contributed by atoms with van der Waals surface area (Å²) in [5, 5.41) is 0. The fraction of sp³-hybridized carbons (Fsp3) is 0.947. The first kappa shape index (κ1) is 23.6. The van der Waals surface area contributed by atoms with E-state index in [0.29, 0.717) is 16.3 Å². The average molecular weight is 451 g/mol. The quantitative estimate of drug-likeness (QED) is 0.136. The van der Waals surface area contributed by atoms with E-state index in [0.717, 1.165) is 6.42 Å². The minimum absolute atomic E-state index is 0.00625. The van der Waals surface area contributed by atoms with Crippen LogP contribution in [0.5, 0.6) is 0 Å². The Bertz CT molecular complexity index is 266. The molecule has 0 aromatic carbocycles. The van der Waals surface area contributed by atoms with Crippen LogP contribution in [0.2, 0.25) is 8.87 Å². The van der Waals surface area contributed by atoms with Gasteiger partial charge in [0, 0.05) is 0 Å². The van der Waals surface area contributed by atoms with Gasteiger partial charge in [-0.15, -0.1) is 0 Å². The van der Waals surface area contributed by atoms with Crippen LogP contribution in [0, 0.1) is 0 Å². The Kier molecular flexibility index (Phi) is 17.9. The predicted octanol–water partition coefficient (Wildman–Crippen LogP) is 5.95. The molecule has 0 aromatic rings. The number of thiol groups is 1. The van der Waals surface area contributed by atoms with Crippen molar-refractivity contribution in [3.8, 4) is 0 Å². The summed E-state index contributed by atoms with van der Waals surface area (Å²) in [6, 6.07) is 0. The molecule has 138 valence electrons. The SMILES string of the molecule is CCCCCCCCOC(=O)C[CH](S)[SnH]([CH2]CCC)[CH2]CCC. The summed E-state index contributed by atoms with van der Waals surface area (Å²) in [5.74, 6) is -0.00625. The number of carbonyl (C=O) groups excluding carboxylic acids is 1.